The number of amides is 1. The van der Waals surface area contributed by atoms with Crippen LogP contribution < -0.4 is 5.32 Å². The van der Waals surface area contributed by atoms with E-state index in [0.29, 0.717) is 18.4 Å². The average Bonchev–Trinajstić information content (AvgIpc) is 2.80. The summed E-state index contributed by atoms with van der Waals surface area (Å²) >= 11 is 0. The predicted octanol–water partition coefficient (Wildman–Crippen LogP) is 2.39. The molecule has 1 fully saturated rings. The van der Waals surface area contributed by atoms with Gasteiger partial charge in [0.05, 0.1) is 23.1 Å². The maximum atomic E-state index is 12.4. The van der Waals surface area contributed by atoms with Gasteiger partial charge in [0.2, 0.25) is 0 Å². The van der Waals surface area contributed by atoms with Crippen LogP contribution >= 0.6 is 0 Å². The molecule has 1 aliphatic carbocycles. The van der Waals surface area contributed by atoms with Crippen LogP contribution in [0.2, 0.25) is 0 Å². The molecular weight excluding hydrogens is 294 g/mol. The number of carboxylic acids is 1. The van der Waals surface area contributed by atoms with Crippen molar-refractivity contribution in [2.75, 3.05) is 0 Å². The molecule has 120 valence electrons. The number of nitrogens with zero attached hydrogens (tertiary/aromatic N) is 2. The molecule has 1 heterocycles. The number of aromatic nitrogens is 2. The molecule has 6 heteroatoms. The van der Waals surface area contributed by atoms with Crippen molar-refractivity contribution < 1.29 is 14.7 Å². The molecule has 0 radical (unpaired) electrons. The molecule has 1 saturated carbocycles. The van der Waals surface area contributed by atoms with E-state index < -0.39 is 11.9 Å². The number of carboxylic acid groups (broad SMARTS) is 1. The highest BCUT2D eigenvalue weighted by Gasteiger charge is 2.31. The molecule has 0 spiro atoms. The number of rotatable bonds is 3. The third kappa shape index (κ3) is 3.47. The normalized spacial score (nSPS) is 21.6. The second-order valence-corrected chi connectivity index (χ2v) is 5.91. The van der Waals surface area contributed by atoms with Gasteiger partial charge in [-0.1, -0.05) is 31.4 Å². The third-order valence-electron chi connectivity index (χ3n) is 4.33. The predicted molar refractivity (Wildman–Crippen MR) is 85.0 cm³/mol. The first-order chi connectivity index (χ1) is 11.1. The van der Waals surface area contributed by atoms with Gasteiger partial charge in [-0.25, -0.2) is 4.98 Å². The van der Waals surface area contributed by atoms with Crippen LogP contribution in [0.3, 0.4) is 0 Å². The Morgan fingerprint density at radius 3 is 2.61 bits per heavy atom. The lowest BCUT2D eigenvalue weighted by atomic mass is 9.95. The molecule has 2 N–H and O–H groups in total. The Kier molecular flexibility index (Phi) is 4.50. The summed E-state index contributed by atoms with van der Waals surface area (Å²) in [6, 6.07) is 6.97. The molecule has 1 aromatic heterocycles. The number of aliphatic carboxylic acids is 1. The van der Waals surface area contributed by atoms with Gasteiger partial charge in [-0.05, 0) is 25.0 Å². The number of nitrogens with one attached hydrogen (secondary N) is 1. The fourth-order valence-corrected chi connectivity index (χ4v) is 3.08. The zero-order valence-electron chi connectivity index (χ0n) is 12.7. The zero-order chi connectivity index (χ0) is 16.2. The molecule has 0 saturated heterocycles. The summed E-state index contributed by atoms with van der Waals surface area (Å²) < 4.78 is 0. The molecule has 2 aromatic rings. The first-order valence-electron chi connectivity index (χ1n) is 7.90. The van der Waals surface area contributed by atoms with Crippen LogP contribution in [0.5, 0.6) is 0 Å². The molecule has 0 aliphatic heterocycles. The van der Waals surface area contributed by atoms with Crippen LogP contribution in [0.15, 0.2) is 30.5 Å². The van der Waals surface area contributed by atoms with Crippen molar-refractivity contribution in [3.63, 3.8) is 0 Å². The summed E-state index contributed by atoms with van der Waals surface area (Å²) in [6.45, 7) is 0. The highest BCUT2D eigenvalue weighted by molar-refractivity contribution is 5.94. The van der Waals surface area contributed by atoms with Crippen molar-refractivity contribution in [3.05, 3.63) is 36.2 Å². The van der Waals surface area contributed by atoms with Crippen LogP contribution in [0.25, 0.3) is 11.0 Å². The molecule has 0 unspecified atom stereocenters. The van der Waals surface area contributed by atoms with Gasteiger partial charge >= 0.3 is 5.97 Å². The Labute approximate surface area is 133 Å². The number of carbonyl (C=O) groups is 2. The van der Waals surface area contributed by atoms with E-state index in [1.807, 2.05) is 18.2 Å². The van der Waals surface area contributed by atoms with Crippen molar-refractivity contribution >= 4 is 22.9 Å². The molecular formula is C17H19N3O3. The highest BCUT2D eigenvalue weighted by atomic mass is 16.4. The van der Waals surface area contributed by atoms with Crippen molar-refractivity contribution in [3.8, 4) is 0 Å². The molecule has 1 aromatic carbocycles. The molecule has 0 bridgehead atoms. The van der Waals surface area contributed by atoms with E-state index >= 15 is 0 Å². The van der Waals surface area contributed by atoms with E-state index in [4.69, 9.17) is 0 Å². The summed E-state index contributed by atoms with van der Waals surface area (Å²) in [4.78, 5) is 32.4. The van der Waals surface area contributed by atoms with Crippen molar-refractivity contribution in [2.24, 2.45) is 5.92 Å². The van der Waals surface area contributed by atoms with Crippen molar-refractivity contribution in [1.82, 2.24) is 15.3 Å². The van der Waals surface area contributed by atoms with Crippen LogP contribution in [-0.4, -0.2) is 33.0 Å². The van der Waals surface area contributed by atoms with E-state index in [0.717, 1.165) is 24.8 Å². The second kappa shape index (κ2) is 6.73. The second-order valence-electron chi connectivity index (χ2n) is 5.91. The zero-order valence-corrected chi connectivity index (χ0v) is 12.7. The summed E-state index contributed by atoms with van der Waals surface area (Å²) in [5.74, 6) is -1.74. The van der Waals surface area contributed by atoms with Crippen LogP contribution in [-0.2, 0) is 4.79 Å². The smallest absolute Gasteiger partial charge is 0.308 e. The molecule has 3 rings (SSSR count). The largest absolute Gasteiger partial charge is 0.481 e. The minimum atomic E-state index is -0.846. The number of carbonyl (C=O) groups excluding carboxylic acids is 1. The average molecular weight is 313 g/mol. The fraction of sp³-hybridized carbons (Fsp3) is 0.412. The van der Waals surface area contributed by atoms with Gasteiger partial charge < -0.3 is 10.4 Å². The lowest BCUT2D eigenvalue weighted by Crippen LogP contribution is -2.43. The van der Waals surface area contributed by atoms with Gasteiger partial charge in [0.25, 0.3) is 5.91 Å². The number of hydrogen-bond donors (Lipinski definition) is 2. The number of fused-ring (bicyclic) bond motifs is 1. The summed E-state index contributed by atoms with van der Waals surface area (Å²) in [6.07, 6.45) is 5.54. The standard InChI is InChI=1S/C17H19N3O3/c21-16(15-10-18-13-8-4-5-9-14(13)19-15)20-12-7-3-1-2-6-11(12)17(22)23/h4-5,8-12H,1-3,6-7H2,(H,20,21)(H,22,23)/t11-,12+/m1/s1. The van der Waals surface area contributed by atoms with Gasteiger partial charge in [0.15, 0.2) is 0 Å². The van der Waals surface area contributed by atoms with Crippen LogP contribution in [0, 0.1) is 5.92 Å². The first kappa shape index (κ1) is 15.4. The SMILES string of the molecule is O=C(N[C@H]1CCCCC[C@H]1C(=O)O)c1cnc2ccccc2n1. The van der Waals surface area contributed by atoms with Crippen LogP contribution in [0.4, 0.5) is 0 Å². The third-order valence-corrected chi connectivity index (χ3v) is 4.33. The molecule has 2 atom stereocenters. The molecule has 6 nitrogen and oxygen atoms in total. The minimum Gasteiger partial charge on any atom is -0.481 e. The van der Waals surface area contributed by atoms with Crippen LogP contribution in [0.1, 0.15) is 42.6 Å². The fourth-order valence-electron chi connectivity index (χ4n) is 3.08. The van der Waals surface area contributed by atoms with E-state index in [2.05, 4.69) is 15.3 Å². The van der Waals surface area contributed by atoms with Crippen molar-refractivity contribution in [1.29, 1.82) is 0 Å². The Bertz CT molecular complexity index is 732. The lowest BCUT2D eigenvalue weighted by molar-refractivity contribution is -0.142. The highest BCUT2D eigenvalue weighted by Crippen LogP contribution is 2.24. The molecule has 1 aliphatic rings. The Morgan fingerprint density at radius 2 is 1.83 bits per heavy atom. The van der Waals surface area contributed by atoms with E-state index in [1.54, 1.807) is 6.07 Å². The summed E-state index contributed by atoms with van der Waals surface area (Å²) in [5.41, 5.74) is 1.59. The van der Waals surface area contributed by atoms with E-state index in [-0.39, 0.29) is 17.6 Å². The van der Waals surface area contributed by atoms with E-state index in [1.165, 1.54) is 6.20 Å². The maximum absolute atomic E-state index is 12.4. The van der Waals surface area contributed by atoms with Gasteiger partial charge in [0, 0.05) is 6.04 Å². The lowest BCUT2D eigenvalue weighted by Gasteiger charge is -2.22. The topological polar surface area (TPSA) is 92.2 Å². The van der Waals surface area contributed by atoms with Gasteiger partial charge in [-0.2, -0.15) is 0 Å². The number of benzene rings is 1. The summed E-state index contributed by atoms with van der Waals surface area (Å²) in [5, 5.41) is 12.2. The Balaban J connectivity index is 1.79. The Hall–Kier alpha value is -2.50. The number of hydrogen-bond acceptors (Lipinski definition) is 4. The van der Waals surface area contributed by atoms with Gasteiger partial charge in [0.1, 0.15) is 5.69 Å². The maximum Gasteiger partial charge on any atom is 0.308 e. The minimum absolute atomic E-state index is 0.220. The summed E-state index contributed by atoms with van der Waals surface area (Å²) in [7, 11) is 0. The van der Waals surface area contributed by atoms with Crippen molar-refractivity contribution in [2.45, 2.75) is 38.1 Å². The first-order valence-corrected chi connectivity index (χ1v) is 7.90. The quantitative estimate of drug-likeness (QED) is 0.849. The monoisotopic (exact) mass is 313 g/mol. The van der Waals surface area contributed by atoms with Gasteiger partial charge in [-0.3, -0.25) is 14.6 Å². The molecule has 1 amide bonds. The number of para-hydroxylation sites is 2. The van der Waals surface area contributed by atoms with Gasteiger partial charge in [-0.15, -0.1) is 0 Å². The van der Waals surface area contributed by atoms with E-state index in [9.17, 15) is 14.7 Å². The Morgan fingerprint density at radius 1 is 1.09 bits per heavy atom. The molecule has 23 heavy (non-hydrogen) atoms.